The van der Waals surface area contributed by atoms with Gasteiger partial charge in [-0.2, -0.15) is 0 Å². The summed E-state index contributed by atoms with van der Waals surface area (Å²) >= 11 is 0. The number of aromatic nitrogens is 4. The van der Waals surface area contributed by atoms with E-state index in [0.29, 0.717) is 18.7 Å². The summed E-state index contributed by atoms with van der Waals surface area (Å²) in [4.78, 5) is 12.2. The largest absolute Gasteiger partial charge is 0.494 e. The molecule has 122 valence electrons. The number of carbonyl (C=O) groups is 1. The number of anilines is 1. The molecule has 3 aromatic rings. The van der Waals surface area contributed by atoms with E-state index in [9.17, 15) is 4.79 Å². The Hall–Kier alpha value is -3.22. The molecular weight excluding hydrogens is 306 g/mol. The third-order valence-electron chi connectivity index (χ3n) is 3.34. The summed E-state index contributed by atoms with van der Waals surface area (Å²) in [6.45, 7) is 2.56. The number of hydrogen-bond donors (Lipinski definition) is 1. The van der Waals surface area contributed by atoms with Crippen LogP contribution in [0.4, 0.5) is 5.69 Å². The van der Waals surface area contributed by atoms with Crippen molar-refractivity contribution < 1.29 is 9.53 Å². The van der Waals surface area contributed by atoms with Crippen LogP contribution in [0.1, 0.15) is 12.5 Å². The van der Waals surface area contributed by atoms with Crippen LogP contribution in [0.15, 0.2) is 54.9 Å². The van der Waals surface area contributed by atoms with Crippen molar-refractivity contribution in [2.45, 2.75) is 13.3 Å². The van der Waals surface area contributed by atoms with E-state index in [4.69, 9.17) is 4.74 Å². The highest BCUT2D eigenvalue weighted by molar-refractivity contribution is 5.92. The molecule has 2 aromatic carbocycles. The van der Waals surface area contributed by atoms with E-state index < -0.39 is 0 Å². The fourth-order valence-electron chi connectivity index (χ4n) is 2.27. The minimum Gasteiger partial charge on any atom is -0.494 e. The summed E-state index contributed by atoms with van der Waals surface area (Å²) in [5.41, 5.74) is 2.39. The second-order valence-corrected chi connectivity index (χ2v) is 5.11. The number of ether oxygens (including phenoxy) is 1. The van der Waals surface area contributed by atoms with Crippen molar-refractivity contribution >= 4 is 11.6 Å². The maximum Gasteiger partial charge on any atom is 0.228 e. The van der Waals surface area contributed by atoms with Crippen LogP contribution in [0.5, 0.6) is 5.75 Å². The van der Waals surface area contributed by atoms with Crippen LogP contribution in [0.3, 0.4) is 0 Å². The summed E-state index contributed by atoms with van der Waals surface area (Å²) in [5, 5.41) is 13.9. The Labute approximate surface area is 139 Å². The molecule has 0 atom stereocenters. The fraction of sp³-hybridized carbons (Fsp3) is 0.176. The molecule has 0 aliphatic heterocycles. The Bertz CT molecular complexity index is 800. The van der Waals surface area contributed by atoms with Crippen LogP contribution in [0.2, 0.25) is 0 Å². The molecule has 0 bridgehead atoms. The minimum absolute atomic E-state index is 0.0898. The molecule has 1 amide bonds. The highest BCUT2D eigenvalue weighted by Crippen LogP contribution is 2.15. The van der Waals surface area contributed by atoms with Gasteiger partial charge in [-0.3, -0.25) is 4.79 Å². The highest BCUT2D eigenvalue weighted by atomic mass is 16.5. The molecule has 0 aliphatic carbocycles. The molecule has 0 unspecified atom stereocenters. The van der Waals surface area contributed by atoms with Gasteiger partial charge in [-0.05, 0) is 53.2 Å². The molecule has 0 spiro atoms. The average Bonchev–Trinajstić information content (AvgIpc) is 3.12. The van der Waals surface area contributed by atoms with Crippen molar-refractivity contribution in [2.24, 2.45) is 0 Å². The zero-order chi connectivity index (χ0) is 16.8. The number of nitrogens with one attached hydrogen (secondary N) is 1. The number of rotatable bonds is 6. The molecule has 7 nitrogen and oxygen atoms in total. The molecule has 0 saturated heterocycles. The zero-order valence-corrected chi connectivity index (χ0v) is 13.2. The van der Waals surface area contributed by atoms with Gasteiger partial charge < -0.3 is 10.1 Å². The smallest absolute Gasteiger partial charge is 0.228 e. The van der Waals surface area contributed by atoms with Crippen molar-refractivity contribution in [1.82, 2.24) is 20.2 Å². The topological polar surface area (TPSA) is 81.9 Å². The Morgan fingerprint density at radius 1 is 1.21 bits per heavy atom. The number of hydrogen-bond acceptors (Lipinski definition) is 5. The molecular formula is C17H17N5O2. The van der Waals surface area contributed by atoms with Gasteiger partial charge in [0, 0.05) is 5.69 Å². The van der Waals surface area contributed by atoms with E-state index in [2.05, 4.69) is 20.8 Å². The van der Waals surface area contributed by atoms with Gasteiger partial charge in [0.15, 0.2) is 0 Å². The predicted molar refractivity (Wildman–Crippen MR) is 89.1 cm³/mol. The van der Waals surface area contributed by atoms with Crippen LogP contribution in [-0.4, -0.2) is 32.7 Å². The first-order chi connectivity index (χ1) is 11.7. The maximum atomic E-state index is 12.2. The summed E-state index contributed by atoms with van der Waals surface area (Å²) in [5.74, 6) is 0.712. The van der Waals surface area contributed by atoms with Crippen molar-refractivity contribution in [2.75, 3.05) is 11.9 Å². The summed E-state index contributed by atoms with van der Waals surface area (Å²) in [6, 6.07) is 14.8. The van der Waals surface area contributed by atoms with Gasteiger partial charge in [-0.1, -0.05) is 18.2 Å². The van der Waals surface area contributed by atoms with Crippen LogP contribution >= 0.6 is 0 Å². The maximum absolute atomic E-state index is 12.2. The quantitative estimate of drug-likeness (QED) is 0.752. The lowest BCUT2D eigenvalue weighted by atomic mass is 10.1. The Balaban J connectivity index is 1.63. The van der Waals surface area contributed by atoms with Crippen LogP contribution < -0.4 is 10.1 Å². The van der Waals surface area contributed by atoms with Gasteiger partial charge in [-0.25, -0.2) is 4.68 Å². The van der Waals surface area contributed by atoms with Gasteiger partial charge >= 0.3 is 0 Å². The third-order valence-corrected chi connectivity index (χ3v) is 3.34. The first kappa shape index (κ1) is 15.7. The zero-order valence-electron chi connectivity index (χ0n) is 13.2. The molecule has 0 aliphatic rings. The monoisotopic (exact) mass is 323 g/mol. The highest BCUT2D eigenvalue weighted by Gasteiger charge is 2.06. The lowest BCUT2D eigenvalue weighted by molar-refractivity contribution is -0.115. The van der Waals surface area contributed by atoms with Crippen LogP contribution in [0, 0.1) is 0 Å². The normalized spacial score (nSPS) is 10.4. The van der Waals surface area contributed by atoms with E-state index in [1.165, 1.54) is 11.0 Å². The van der Waals surface area contributed by atoms with Gasteiger partial charge in [0.25, 0.3) is 0 Å². The van der Waals surface area contributed by atoms with Gasteiger partial charge in [0.1, 0.15) is 12.1 Å². The molecule has 1 N–H and O–H groups in total. The third kappa shape index (κ3) is 3.95. The minimum atomic E-state index is -0.0898. The molecule has 0 radical (unpaired) electrons. The number of carbonyl (C=O) groups excluding carboxylic acids is 1. The first-order valence-electron chi connectivity index (χ1n) is 7.59. The summed E-state index contributed by atoms with van der Waals surface area (Å²) < 4.78 is 6.92. The lowest BCUT2D eigenvalue weighted by Crippen LogP contribution is -2.14. The van der Waals surface area contributed by atoms with E-state index in [1.807, 2.05) is 55.5 Å². The SMILES string of the molecule is CCOc1ccc(CC(=O)Nc2cccc(-n3cnnn3)c2)cc1. The van der Waals surface area contributed by atoms with Gasteiger partial charge in [0.05, 0.1) is 18.7 Å². The number of nitrogens with zero attached hydrogens (tertiary/aromatic N) is 4. The average molecular weight is 323 g/mol. The Morgan fingerprint density at radius 2 is 2.04 bits per heavy atom. The van der Waals surface area contributed by atoms with Crippen LogP contribution in [-0.2, 0) is 11.2 Å². The molecule has 1 aromatic heterocycles. The molecule has 0 fully saturated rings. The van der Waals surface area contributed by atoms with E-state index in [1.54, 1.807) is 0 Å². The van der Waals surface area contributed by atoms with Crippen molar-refractivity contribution in [3.05, 3.63) is 60.4 Å². The van der Waals surface area contributed by atoms with E-state index >= 15 is 0 Å². The predicted octanol–water partition coefficient (Wildman–Crippen LogP) is 2.24. The number of benzene rings is 2. The fourth-order valence-corrected chi connectivity index (χ4v) is 2.27. The summed E-state index contributed by atoms with van der Waals surface area (Å²) in [7, 11) is 0. The van der Waals surface area contributed by atoms with Crippen LogP contribution in [0.25, 0.3) is 5.69 Å². The molecule has 7 heteroatoms. The standard InChI is InChI=1S/C17H17N5O2/c1-2-24-16-8-6-13(7-9-16)10-17(23)19-14-4-3-5-15(11-14)22-12-18-20-21-22/h3-9,11-12H,2,10H2,1H3,(H,19,23). The second-order valence-electron chi connectivity index (χ2n) is 5.11. The number of amides is 1. The molecule has 24 heavy (non-hydrogen) atoms. The van der Waals surface area contributed by atoms with Gasteiger partial charge in [-0.15, -0.1) is 5.10 Å². The van der Waals surface area contributed by atoms with Crippen molar-refractivity contribution in [3.8, 4) is 11.4 Å². The summed E-state index contributed by atoms with van der Waals surface area (Å²) in [6.07, 6.45) is 1.79. The van der Waals surface area contributed by atoms with Gasteiger partial charge in [0.2, 0.25) is 5.91 Å². The molecule has 0 saturated carbocycles. The number of tetrazole rings is 1. The Kier molecular flexibility index (Phi) is 4.81. The lowest BCUT2D eigenvalue weighted by Gasteiger charge is -2.08. The van der Waals surface area contributed by atoms with E-state index in [-0.39, 0.29) is 5.91 Å². The van der Waals surface area contributed by atoms with Crippen molar-refractivity contribution in [1.29, 1.82) is 0 Å². The van der Waals surface area contributed by atoms with E-state index in [0.717, 1.165) is 17.0 Å². The van der Waals surface area contributed by atoms with Crippen molar-refractivity contribution in [3.63, 3.8) is 0 Å². The first-order valence-corrected chi connectivity index (χ1v) is 7.59. The molecule has 3 rings (SSSR count). The molecule has 1 heterocycles. The Morgan fingerprint density at radius 3 is 2.75 bits per heavy atom. The second kappa shape index (κ2) is 7.36.